The van der Waals surface area contributed by atoms with Gasteiger partial charge in [-0.15, -0.1) is 0 Å². The summed E-state index contributed by atoms with van der Waals surface area (Å²) in [5.41, 5.74) is 1.37. The molecule has 0 atom stereocenters. The van der Waals surface area contributed by atoms with Crippen LogP contribution in [0.4, 0.5) is 0 Å². The third-order valence-electron chi connectivity index (χ3n) is 7.19. The third-order valence-corrected chi connectivity index (χ3v) is 7.19. The lowest BCUT2D eigenvalue weighted by molar-refractivity contribution is -0.107. The first-order valence-electron chi connectivity index (χ1n) is 13.3. The van der Waals surface area contributed by atoms with Gasteiger partial charge in [0.2, 0.25) is 0 Å². The van der Waals surface area contributed by atoms with Gasteiger partial charge < -0.3 is 9.69 Å². The van der Waals surface area contributed by atoms with E-state index in [0.717, 1.165) is 31.1 Å². The number of hydrogen-bond acceptors (Lipinski definition) is 3. The zero-order valence-electron chi connectivity index (χ0n) is 20.7. The molecule has 1 aromatic heterocycles. The number of likely N-dealkylation sites (tertiary alicyclic amines) is 1. The van der Waals surface area contributed by atoms with Gasteiger partial charge in [0.05, 0.1) is 6.20 Å². The molecule has 1 aromatic rings. The highest BCUT2D eigenvalue weighted by molar-refractivity contribution is 5.48. The van der Waals surface area contributed by atoms with Crippen LogP contribution in [0, 0.1) is 11.8 Å². The van der Waals surface area contributed by atoms with E-state index in [1.807, 2.05) is 13.1 Å². The van der Waals surface area contributed by atoms with Crippen molar-refractivity contribution in [2.45, 2.75) is 117 Å². The molecule has 4 heteroatoms. The average molecular weight is 432 g/mol. The van der Waals surface area contributed by atoms with Crippen LogP contribution in [-0.2, 0) is 11.3 Å². The van der Waals surface area contributed by atoms with Crippen molar-refractivity contribution in [3.05, 3.63) is 18.0 Å². The van der Waals surface area contributed by atoms with Crippen molar-refractivity contribution < 1.29 is 4.79 Å². The highest BCUT2D eigenvalue weighted by Crippen LogP contribution is 2.28. The molecular formula is C27H49N3O. The molecule has 3 rings (SSSR count). The van der Waals surface area contributed by atoms with Crippen LogP contribution in [0.3, 0.4) is 0 Å². The normalized spacial score (nSPS) is 18.7. The van der Waals surface area contributed by atoms with E-state index in [4.69, 9.17) is 0 Å². The first-order chi connectivity index (χ1) is 15.1. The molecular weight excluding hydrogens is 382 g/mol. The highest BCUT2D eigenvalue weighted by Gasteiger charge is 2.20. The number of hydrogen-bond donors (Lipinski definition) is 0. The SMILES string of the molecule is CC(C)c1cnn(CC2CCN(CCCCCC3CCCCC3)CC2)c1.CCCC=O. The van der Waals surface area contributed by atoms with Gasteiger partial charge >= 0.3 is 0 Å². The van der Waals surface area contributed by atoms with E-state index in [-0.39, 0.29) is 0 Å². The monoisotopic (exact) mass is 431 g/mol. The fourth-order valence-electron chi connectivity index (χ4n) is 4.97. The average Bonchev–Trinajstić information content (AvgIpc) is 3.25. The van der Waals surface area contributed by atoms with E-state index in [2.05, 4.69) is 34.7 Å². The Hall–Kier alpha value is -1.16. The molecule has 1 aliphatic carbocycles. The minimum absolute atomic E-state index is 0.587. The lowest BCUT2D eigenvalue weighted by atomic mass is 9.85. The topological polar surface area (TPSA) is 38.1 Å². The molecule has 0 spiro atoms. The molecule has 2 heterocycles. The van der Waals surface area contributed by atoms with Crippen LogP contribution < -0.4 is 0 Å². The lowest BCUT2D eigenvalue weighted by Crippen LogP contribution is -2.35. The third kappa shape index (κ3) is 10.8. The minimum Gasteiger partial charge on any atom is -0.303 e. The number of aldehydes is 1. The Bertz CT molecular complexity index is 569. The summed E-state index contributed by atoms with van der Waals surface area (Å²) in [5.74, 6) is 2.47. The van der Waals surface area contributed by atoms with Gasteiger partial charge in [-0.05, 0) is 68.6 Å². The summed E-state index contributed by atoms with van der Waals surface area (Å²) in [4.78, 5) is 12.1. The van der Waals surface area contributed by atoms with Crippen molar-refractivity contribution in [3.8, 4) is 0 Å². The van der Waals surface area contributed by atoms with Crippen LogP contribution >= 0.6 is 0 Å². The lowest BCUT2D eigenvalue weighted by Gasteiger charge is -2.32. The van der Waals surface area contributed by atoms with E-state index >= 15 is 0 Å². The van der Waals surface area contributed by atoms with Crippen molar-refractivity contribution in [3.63, 3.8) is 0 Å². The summed E-state index contributed by atoms with van der Waals surface area (Å²) >= 11 is 0. The van der Waals surface area contributed by atoms with Crippen molar-refractivity contribution in [2.75, 3.05) is 19.6 Å². The number of aromatic nitrogens is 2. The van der Waals surface area contributed by atoms with Gasteiger partial charge in [-0.3, -0.25) is 4.68 Å². The fourth-order valence-corrected chi connectivity index (χ4v) is 4.97. The summed E-state index contributed by atoms with van der Waals surface area (Å²) in [7, 11) is 0. The summed E-state index contributed by atoms with van der Waals surface area (Å²) < 4.78 is 2.18. The first-order valence-corrected chi connectivity index (χ1v) is 13.3. The van der Waals surface area contributed by atoms with Gasteiger partial charge in [-0.1, -0.05) is 72.1 Å². The number of unbranched alkanes of at least 4 members (excludes halogenated alkanes) is 3. The van der Waals surface area contributed by atoms with E-state index in [9.17, 15) is 4.79 Å². The fraction of sp³-hybridized carbons (Fsp3) is 0.852. The first kappa shape index (κ1) is 26.1. The van der Waals surface area contributed by atoms with Gasteiger partial charge in [0, 0.05) is 19.2 Å². The summed E-state index contributed by atoms with van der Waals surface area (Å²) in [6.45, 7) is 11.5. The standard InChI is InChI=1S/C23H41N3.C4H8O/c1-20(2)23-17-24-26(19-23)18-22-12-15-25(16-13-22)14-8-4-7-11-21-9-5-3-6-10-21;1-2-3-4-5/h17,19-22H,3-16,18H2,1-2H3;4H,2-3H2,1H3. The van der Waals surface area contributed by atoms with Gasteiger partial charge in [-0.2, -0.15) is 5.10 Å². The molecule has 1 aliphatic heterocycles. The quantitative estimate of drug-likeness (QED) is 0.284. The number of piperidine rings is 1. The maximum Gasteiger partial charge on any atom is 0.119 e. The van der Waals surface area contributed by atoms with Gasteiger partial charge in [0.1, 0.15) is 6.29 Å². The molecule has 1 saturated carbocycles. The van der Waals surface area contributed by atoms with Crippen LogP contribution in [-0.4, -0.2) is 40.6 Å². The van der Waals surface area contributed by atoms with Crippen LogP contribution in [0.15, 0.2) is 12.4 Å². The Kier molecular flexibility index (Phi) is 13.1. The summed E-state index contributed by atoms with van der Waals surface area (Å²) in [6.07, 6.45) is 23.0. The number of carbonyl (C=O) groups excluding carboxylic acids is 1. The molecule has 2 aliphatic rings. The second-order valence-electron chi connectivity index (χ2n) is 10.2. The largest absolute Gasteiger partial charge is 0.303 e. The van der Waals surface area contributed by atoms with Crippen molar-refractivity contribution in [1.29, 1.82) is 0 Å². The number of carbonyl (C=O) groups is 1. The zero-order valence-corrected chi connectivity index (χ0v) is 20.7. The van der Waals surface area contributed by atoms with Gasteiger partial charge in [0.25, 0.3) is 0 Å². The molecule has 178 valence electrons. The molecule has 1 saturated heterocycles. The van der Waals surface area contributed by atoms with Gasteiger partial charge in [0.15, 0.2) is 0 Å². The van der Waals surface area contributed by atoms with Crippen LogP contribution in [0.25, 0.3) is 0 Å². The maximum absolute atomic E-state index is 9.40. The van der Waals surface area contributed by atoms with Crippen molar-refractivity contribution in [1.82, 2.24) is 14.7 Å². The smallest absolute Gasteiger partial charge is 0.119 e. The second-order valence-corrected chi connectivity index (χ2v) is 10.2. The van der Waals surface area contributed by atoms with Crippen molar-refractivity contribution >= 4 is 6.29 Å². The Labute approximate surface area is 192 Å². The zero-order chi connectivity index (χ0) is 22.3. The van der Waals surface area contributed by atoms with Gasteiger partial charge in [-0.25, -0.2) is 0 Å². The summed E-state index contributed by atoms with van der Waals surface area (Å²) in [5, 5.41) is 4.56. The van der Waals surface area contributed by atoms with E-state index in [0.29, 0.717) is 12.3 Å². The van der Waals surface area contributed by atoms with Crippen LogP contribution in [0.2, 0.25) is 0 Å². The Morgan fingerprint density at radius 3 is 2.35 bits per heavy atom. The Morgan fingerprint density at radius 2 is 1.77 bits per heavy atom. The molecule has 0 N–H and O–H groups in total. The van der Waals surface area contributed by atoms with E-state index in [1.165, 1.54) is 95.8 Å². The molecule has 0 unspecified atom stereocenters. The van der Waals surface area contributed by atoms with E-state index < -0.39 is 0 Å². The predicted octanol–water partition coefficient (Wildman–Crippen LogP) is 6.84. The molecule has 31 heavy (non-hydrogen) atoms. The molecule has 0 aromatic carbocycles. The highest BCUT2D eigenvalue weighted by atomic mass is 16.1. The maximum atomic E-state index is 9.40. The molecule has 4 nitrogen and oxygen atoms in total. The predicted molar refractivity (Wildman–Crippen MR) is 131 cm³/mol. The number of nitrogens with zero attached hydrogens (tertiary/aromatic N) is 3. The van der Waals surface area contributed by atoms with Crippen molar-refractivity contribution in [2.24, 2.45) is 11.8 Å². The Balaban J connectivity index is 0.000000614. The Morgan fingerprint density at radius 1 is 1.03 bits per heavy atom. The van der Waals surface area contributed by atoms with Crippen LogP contribution in [0.1, 0.15) is 116 Å². The number of rotatable bonds is 11. The second kappa shape index (κ2) is 15.6. The molecule has 0 amide bonds. The van der Waals surface area contributed by atoms with Crippen LogP contribution in [0.5, 0.6) is 0 Å². The molecule has 2 fully saturated rings. The molecule has 0 bridgehead atoms. The minimum atomic E-state index is 0.587. The molecule has 0 radical (unpaired) electrons. The van der Waals surface area contributed by atoms with E-state index in [1.54, 1.807) is 0 Å². The summed E-state index contributed by atoms with van der Waals surface area (Å²) in [6, 6.07) is 0.